The third-order valence-corrected chi connectivity index (χ3v) is 6.78. The van der Waals surface area contributed by atoms with E-state index in [0.717, 1.165) is 16.7 Å². The molecule has 0 aromatic heterocycles. The number of rotatable bonds is 4. The SMILES string of the molecule is COc1cc2c(cc1OC)CN(C(=O)c1ccc3c(c1)C(=O)N(C1CCC(=O)NC1=O)C3)CC2. The van der Waals surface area contributed by atoms with E-state index in [4.69, 9.17) is 9.47 Å². The van der Waals surface area contributed by atoms with Gasteiger partial charge >= 0.3 is 0 Å². The second-order valence-electron chi connectivity index (χ2n) is 8.72. The van der Waals surface area contributed by atoms with Gasteiger partial charge in [-0.2, -0.15) is 0 Å². The number of nitrogens with one attached hydrogen (secondary N) is 1. The normalized spacial score (nSPS) is 19.5. The smallest absolute Gasteiger partial charge is 0.255 e. The molecule has 0 aliphatic carbocycles. The van der Waals surface area contributed by atoms with Crippen molar-refractivity contribution in [2.45, 2.75) is 38.4 Å². The number of piperidine rings is 1. The highest BCUT2D eigenvalue weighted by Crippen LogP contribution is 2.34. The summed E-state index contributed by atoms with van der Waals surface area (Å²) < 4.78 is 10.8. The minimum absolute atomic E-state index is 0.157. The van der Waals surface area contributed by atoms with Crippen molar-refractivity contribution in [3.05, 3.63) is 58.1 Å². The van der Waals surface area contributed by atoms with Crippen LogP contribution in [0.15, 0.2) is 30.3 Å². The molecule has 3 aliphatic heterocycles. The molecule has 9 nitrogen and oxygen atoms in total. The van der Waals surface area contributed by atoms with Crippen LogP contribution in [0, 0.1) is 0 Å². The van der Waals surface area contributed by atoms with E-state index >= 15 is 0 Å². The summed E-state index contributed by atoms with van der Waals surface area (Å²) >= 11 is 0. The third kappa shape index (κ3) is 3.67. The topological polar surface area (TPSA) is 105 Å². The van der Waals surface area contributed by atoms with Crippen LogP contribution in [-0.2, 0) is 29.1 Å². The van der Waals surface area contributed by atoms with Gasteiger partial charge in [0.15, 0.2) is 11.5 Å². The highest BCUT2D eigenvalue weighted by Gasteiger charge is 2.39. The molecule has 9 heteroatoms. The predicted molar refractivity (Wildman–Crippen MR) is 120 cm³/mol. The van der Waals surface area contributed by atoms with Crippen LogP contribution < -0.4 is 14.8 Å². The third-order valence-electron chi connectivity index (χ3n) is 6.78. The van der Waals surface area contributed by atoms with Crippen LogP contribution in [0.2, 0.25) is 0 Å². The summed E-state index contributed by atoms with van der Waals surface area (Å²) in [6.07, 6.45) is 1.19. The molecule has 34 heavy (non-hydrogen) atoms. The second-order valence-corrected chi connectivity index (χ2v) is 8.72. The largest absolute Gasteiger partial charge is 0.493 e. The molecule has 176 valence electrons. The maximum Gasteiger partial charge on any atom is 0.255 e. The van der Waals surface area contributed by atoms with Crippen molar-refractivity contribution in [2.24, 2.45) is 0 Å². The molecule has 0 radical (unpaired) electrons. The van der Waals surface area contributed by atoms with Gasteiger partial charge < -0.3 is 19.3 Å². The van der Waals surface area contributed by atoms with E-state index in [0.29, 0.717) is 48.6 Å². The number of amides is 4. The van der Waals surface area contributed by atoms with Crippen molar-refractivity contribution in [3.8, 4) is 11.5 Å². The quantitative estimate of drug-likeness (QED) is 0.692. The lowest BCUT2D eigenvalue weighted by Gasteiger charge is -2.30. The van der Waals surface area contributed by atoms with Crippen LogP contribution in [0.1, 0.15) is 50.2 Å². The summed E-state index contributed by atoms with van der Waals surface area (Å²) in [7, 11) is 3.18. The van der Waals surface area contributed by atoms with E-state index in [1.807, 2.05) is 12.1 Å². The average molecular weight is 463 g/mol. The van der Waals surface area contributed by atoms with Gasteiger partial charge in [0.25, 0.3) is 11.8 Å². The van der Waals surface area contributed by atoms with Gasteiger partial charge in [0.05, 0.1) is 14.2 Å². The Morgan fingerprint density at radius 2 is 1.68 bits per heavy atom. The van der Waals surface area contributed by atoms with Crippen LogP contribution in [0.25, 0.3) is 0 Å². The summed E-state index contributed by atoms with van der Waals surface area (Å²) in [5.74, 6) is 0.0617. The number of imide groups is 1. The Kier molecular flexibility index (Phi) is 5.47. The van der Waals surface area contributed by atoms with Gasteiger partial charge in [0.2, 0.25) is 11.8 Å². The Balaban J connectivity index is 1.35. The molecule has 1 N–H and O–H groups in total. The Bertz CT molecular complexity index is 1220. The molecule has 1 saturated heterocycles. The summed E-state index contributed by atoms with van der Waals surface area (Å²) in [4.78, 5) is 53.3. The number of methoxy groups -OCH3 is 2. The summed E-state index contributed by atoms with van der Waals surface area (Å²) in [5, 5.41) is 2.30. The maximum atomic E-state index is 13.3. The van der Waals surface area contributed by atoms with E-state index in [2.05, 4.69) is 5.32 Å². The van der Waals surface area contributed by atoms with Gasteiger partial charge in [-0.05, 0) is 53.8 Å². The highest BCUT2D eigenvalue weighted by atomic mass is 16.5. The number of carbonyl (C=O) groups excluding carboxylic acids is 4. The van der Waals surface area contributed by atoms with Gasteiger partial charge in [-0.1, -0.05) is 6.07 Å². The molecule has 0 spiro atoms. The lowest BCUT2D eigenvalue weighted by Crippen LogP contribution is -2.52. The predicted octanol–water partition coefficient (Wildman–Crippen LogP) is 1.66. The summed E-state index contributed by atoms with van der Waals surface area (Å²) in [6.45, 7) is 1.27. The van der Waals surface area contributed by atoms with Gasteiger partial charge in [0, 0.05) is 37.2 Å². The number of hydrogen-bond donors (Lipinski definition) is 1. The molecule has 0 saturated carbocycles. The van der Waals surface area contributed by atoms with E-state index in [1.54, 1.807) is 37.3 Å². The van der Waals surface area contributed by atoms with E-state index < -0.39 is 11.9 Å². The maximum absolute atomic E-state index is 13.3. The van der Waals surface area contributed by atoms with Crippen LogP contribution in [-0.4, -0.2) is 60.2 Å². The van der Waals surface area contributed by atoms with Gasteiger partial charge in [-0.25, -0.2) is 0 Å². The van der Waals surface area contributed by atoms with Crippen LogP contribution in [0.3, 0.4) is 0 Å². The second kappa shape index (κ2) is 8.48. The zero-order valence-electron chi connectivity index (χ0n) is 19.1. The van der Waals surface area contributed by atoms with Crippen molar-refractivity contribution in [2.75, 3.05) is 20.8 Å². The first kappa shape index (κ1) is 21.9. The minimum atomic E-state index is -0.678. The molecule has 1 fully saturated rings. The van der Waals surface area contributed by atoms with Crippen LogP contribution in [0.4, 0.5) is 0 Å². The fourth-order valence-corrected chi connectivity index (χ4v) is 4.93. The molecule has 0 bridgehead atoms. The first-order valence-corrected chi connectivity index (χ1v) is 11.2. The Hall–Kier alpha value is -3.88. The fourth-order valence-electron chi connectivity index (χ4n) is 4.93. The molecule has 5 rings (SSSR count). The first-order valence-electron chi connectivity index (χ1n) is 11.2. The number of ether oxygens (including phenoxy) is 2. The van der Waals surface area contributed by atoms with Gasteiger partial charge in [-0.15, -0.1) is 0 Å². The number of fused-ring (bicyclic) bond motifs is 2. The van der Waals surface area contributed by atoms with Crippen molar-refractivity contribution in [3.63, 3.8) is 0 Å². The standard InChI is InChI=1S/C25H25N3O6/c1-33-20-10-14-7-8-27(12-17(14)11-21(20)34-2)24(31)15-3-4-16-13-28(25(32)18(16)9-15)19-5-6-22(29)26-23(19)30/h3-4,9-11,19H,5-8,12-13H2,1-2H3,(H,26,29,30). The van der Waals surface area contributed by atoms with E-state index in [9.17, 15) is 19.2 Å². The molecule has 1 atom stereocenters. The number of nitrogens with zero attached hydrogens (tertiary/aromatic N) is 2. The van der Waals surface area contributed by atoms with Crippen molar-refractivity contribution in [1.82, 2.24) is 15.1 Å². The highest BCUT2D eigenvalue weighted by molar-refractivity contribution is 6.06. The zero-order valence-corrected chi connectivity index (χ0v) is 19.1. The molecule has 4 amide bonds. The lowest BCUT2D eigenvalue weighted by atomic mass is 9.97. The zero-order chi connectivity index (χ0) is 24.0. The Labute approximate surface area is 196 Å². The number of hydrogen-bond acceptors (Lipinski definition) is 6. The molecule has 2 aromatic rings. The first-order chi connectivity index (χ1) is 16.4. The summed E-state index contributed by atoms with van der Waals surface area (Å²) in [6, 6.07) is 8.30. The van der Waals surface area contributed by atoms with Gasteiger partial charge in [-0.3, -0.25) is 24.5 Å². The van der Waals surface area contributed by atoms with Crippen molar-refractivity contribution < 1.29 is 28.7 Å². The van der Waals surface area contributed by atoms with E-state index in [-0.39, 0.29) is 30.7 Å². The van der Waals surface area contributed by atoms with Crippen molar-refractivity contribution >= 4 is 23.6 Å². The lowest BCUT2D eigenvalue weighted by molar-refractivity contribution is -0.136. The fraction of sp³-hybridized carbons (Fsp3) is 0.360. The molecule has 3 heterocycles. The molecule has 1 unspecified atom stereocenters. The minimum Gasteiger partial charge on any atom is -0.493 e. The Morgan fingerprint density at radius 3 is 2.38 bits per heavy atom. The van der Waals surface area contributed by atoms with E-state index in [1.165, 1.54) is 4.90 Å². The monoisotopic (exact) mass is 463 g/mol. The molecular formula is C25H25N3O6. The number of benzene rings is 2. The molecule has 2 aromatic carbocycles. The number of carbonyl (C=O) groups is 4. The van der Waals surface area contributed by atoms with Crippen molar-refractivity contribution in [1.29, 1.82) is 0 Å². The summed E-state index contributed by atoms with van der Waals surface area (Å²) in [5.41, 5.74) is 3.75. The van der Waals surface area contributed by atoms with Crippen LogP contribution in [0.5, 0.6) is 11.5 Å². The van der Waals surface area contributed by atoms with Gasteiger partial charge in [0.1, 0.15) is 6.04 Å². The van der Waals surface area contributed by atoms with Crippen LogP contribution >= 0.6 is 0 Å². The average Bonchev–Trinajstić information content (AvgIpc) is 3.17. The Morgan fingerprint density at radius 1 is 0.941 bits per heavy atom. The molecule has 3 aliphatic rings. The molecular weight excluding hydrogens is 438 g/mol.